The number of aryl methyl sites for hydroxylation is 3. The second-order valence-electron chi connectivity index (χ2n) is 5.70. The summed E-state index contributed by atoms with van der Waals surface area (Å²) in [5.74, 6) is 0. The Bertz CT molecular complexity index is 963. The Balaban J connectivity index is 1.87. The van der Waals surface area contributed by atoms with E-state index in [2.05, 4.69) is 9.22 Å². The van der Waals surface area contributed by atoms with E-state index < -0.39 is 26.8 Å². The van der Waals surface area contributed by atoms with E-state index in [0.29, 0.717) is 5.56 Å². The minimum absolute atomic E-state index is 0.00641. The van der Waals surface area contributed by atoms with E-state index in [1.165, 1.54) is 18.2 Å². The first kappa shape index (κ1) is 20.5. The van der Waals surface area contributed by atoms with Gasteiger partial charge in [0.25, 0.3) is 10.1 Å². The Hall–Kier alpha value is -1.78. The first-order valence-corrected chi connectivity index (χ1v) is 10.5. The molecule has 0 fully saturated rings. The van der Waals surface area contributed by atoms with E-state index in [1.807, 2.05) is 13.8 Å². The zero-order valence-electron chi connectivity index (χ0n) is 14.6. The lowest BCUT2D eigenvalue weighted by atomic mass is 10.2. The molecule has 2 aromatic rings. The van der Waals surface area contributed by atoms with Gasteiger partial charge in [-0.3, -0.25) is 4.18 Å². The van der Waals surface area contributed by atoms with Gasteiger partial charge in [0.05, 0.1) is 16.4 Å². The van der Waals surface area contributed by atoms with Crippen LogP contribution >= 0.6 is 0 Å². The maximum Gasteiger partial charge on any atom is 0.323 e. The summed E-state index contributed by atoms with van der Waals surface area (Å²) in [5.41, 5.74) is 2.35. The molecule has 2 aromatic carbocycles. The maximum atomic E-state index is 12.1. The molecule has 0 heterocycles. The monoisotopic (exact) mass is 400 g/mol. The predicted octanol–water partition coefficient (Wildman–Crippen LogP) is 2.65. The van der Waals surface area contributed by atoms with Gasteiger partial charge in [-0.05, 0) is 44.5 Å². The molecule has 7 nitrogen and oxygen atoms in total. The molecule has 0 aliphatic rings. The van der Waals surface area contributed by atoms with Crippen molar-refractivity contribution in [2.45, 2.75) is 30.6 Å². The van der Waals surface area contributed by atoms with Gasteiger partial charge in [0.15, 0.2) is 0 Å². The van der Waals surface area contributed by atoms with E-state index in [9.17, 15) is 16.8 Å². The van der Waals surface area contributed by atoms with Crippen LogP contribution < -0.4 is 0 Å². The molecule has 9 heteroatoms. The van der Waals surface area contributed by atoms with Gasteiger partial charge in [0.2, 0.25) is 0 Å². The van der Waals surface area contributed by atoms with Crippen LogP contribution in [0.15, 0.2) is 52.3 Å². The lowest BCUT2D eigenvalue weighted by Gasteiger charge is -2.09. The van der Waals surface area contributed by atoms with Crippen LogP contribution in [0.4, 0.5) is 0 Å². The summed E-state index contributed by atoms with van der Waals surface area (Å²) in [6.07, 6.45) is 0. The minimum Gasteiger partial charge on any atom is -0.264 e. The standard InChI is InChI=1S/C17H20O7S2/c1-13-4-7-16(8-5-13)25(18,19)23-11-10-22-24-26(20,21)17-9-6-14(2)12-15(17)3/h4-9,12H,10-11H2,1-3H3. The highest BCUT2D eigenvalue weighted by Gasteiger charge is 2.20. The van der Waals surface area contributed by atoms with Crippen molar-refractivity contribution >= 4 is 20.2 Å². The topological polar surface area (TPSA) is 96.0 Å². The van der Waals surface area contributed by atoms with Crippen LogP contribution in [0.2, 0.25) is 0 Å². The SMILES string of the molecule is Cc1ccc(S(=O)(=O)OCCOOS(=O)(=O)c2ccc(C)cc2C)cc1. The molecule has 0 radical (unpaired) electrons. The zero-order chi connectivity index (χ0) is 19.4. The number of rotatable bonds is 8. The summed E-state index contributed by atoms with van der Waals surface area (Å²) >= 11 is 0. The van der Waals surface area contributed by atoms with Crippen LogP contribution in [0, 0.1) is 20.8 Å². The van der Waals surface area contributed by atoms with Gasteiger partial charge in [0.1, 0.15) is 6.61 Å². The lowest BCUT2D eigenvalue weighted by Crippen LogP contribution is -2.14. The molecule has 0 aliphatic heterocycles. The Morgan fingerprint density at radius 1 is 0.769 bits per heavy atom. The van der Waals surface area contributed by atoms with E-state index in [0.717, 1.165) is 11.1 Å². The Labute approximate surface area is 153 Å². The van der Waals surface area contributed by atoms with Gasteiger partial charge < -0.3 is 0 Å². The third-order valence-electron chi connectivity index (χ3n) is 3.45. The molecule has 0 aromatic heterocycles. The normalized spacial score (nSPS) is 12.3. The molecule has 2 rings (SSSR count). The fourth-order valence-electron chi connectivity index (χ4n) is 2.16. The minimum atomic E-state index is -4.11. The van der Waals surface area contributed by atoms with Gasteiger partial charge >= 0.3 is 10.1 Å². The van der Waals surface area contributed by atoms with Gasteiger partial charge in [-0.15, -0.1) is 4.33 Å². The summed E-state index contributed by atoms with van der Waals surface area (Å²) in [5, 5.41) is 0. The van der Waals surface area contributed by atoms with E-state index >= 15 is 0 Å². The molecule has 0 spiro atoms. The average molecular weight is 400 g/mol. The van der Waals surface area contributed by atoms with Crippen LogP contribution in [0.25, 0.3) is 0 Å². The smallest absolute Gasteiger partial charge is 0.264 e. The quantitative estimate of drug-likeness (QED) is 0.291. The highest BCUT2D eigenvalue weighted by atomic mass is 32.2. The summed E-state index contributed by atoms with van der Waals surface area (Å²) in [6.45, 7) is 4.54. The van der Waals surface area contributed by atoms with Crippen LogP contribution in [0.1, 0.15) is 16.7 Å². The summed E-state index contributed by atoms with van der Waals surface area (Å²) in [6, 6.07) is 10.9. The molecule has 0 amide bonds. The molecule has 0 saturated heterocycles. The highest BCUT2D eigenvalue weighted by molar-refractivity contribution is 7.87. The van der Waals surface area contributed by atoms with Crippen LogP contribution in [0.5, 0.6) is 0 Å². The Kier molecular flexibility index (Phi) is 6.53. The molecule has 142 valence electrons. The molecule has 0 bridgehead atoms. The summed E-state index contributed by atoms with van der Waals surface area (Å²) in [7, 11) is -8.05. The average Bonchev–Trinajstić information content (AvgIpc) is 2.54. The van der Waals surface area contributed by atoms with E-state index in [4.69, 9.17) is 4.18 Å². The van der Waals surface area contributed by atoms with Gasteiger partial charge in [-0.25, -0.2) is 4.89 Å². The highest BCUT2D eigenvalue weighted by Crippen LogP contribution is 2.19. The molecule has 0 aliphatic carbocycles. The van der Waals surface area contributed by atoms with Crippen molar-refractivity contribution in [1.82, 2.24) is 0 Å². The molecular formula is C17H20O7S2. The molecule has 0 N–H and O–H groups in total. The van der Waals surface area contributed by atoms with Crippen molar-refractivity contribution < 1.29 is 30.2 Å². The van der Waals surface area contributed by atoms with Crippen molar-refractivity contribution in [2.75, 3.05) is 13.2 Å². The van der Waals surface area contributed by atoms with Crippen molar-refractivity contribution in [3.63, 3.8) is 0 Å². The third kappa shape index (κ3) is 5.36. The Morgan fingerprint density at radius 3 is 2.00 bits per heavy atom. The summed E-state index contributed by atoms with van der Waals surface area (Å²) in [4.78, 5) is 4.60. The van der Waals surface area contributed by atoms with Crippen LogP contribution in [-0.2, 0) is 33.6 Å². The number of hydrogen-bond donors (Lipinski definition) is 0. The molecule has 26 heavy (non-hydrogen) atoms. The van der Waals surface area contributed by atoms with Gasteiger partial charge in [-0.2, -0.15) is 16.8 Å². The molecule has 0 saturated carbocycles. The van der Waals surface area contributed by atoms with Crippen LogP contribution in [0.3, 0.4) is 0 Å². The molecule has 0 atom stereocenters. The first-order chi connectivity index (χ1) is 12.1. The van der Waals surface area contributed by atoms with Crippen molar-refractivity contribution in [3.8, 4) is 0 Å². The van der Waals surface area contributed by atoms with Gasteiger partial charge in [-0.1, -0.05) is 35.4 Å². The van der Waals surface area contributed by atoms with Crippen molar-refractivity contribution in [3.05, 3.63) is 59.2 Å². The summed E-state index contributed by atoms with van der Waals surface area (Å²) < 4.78 is 57.3. The van der Waals surface area contributed by atoms with Crippen molar-refractivity contribution in [2.24, 2.45) is 0 Å². The van der Waals surface area contributed by atoms with E-state index in [1.54, 1.807) is 31.2 Å². The number of hydrogen-bond acceptors (Lipinski definition) is 7. The van der Waals surface area contributed by atoms with Gasteiger partial charge in [0, 0.05) is 0 Å². The zero-order valence-corrected chi connectivity index (χ0v) is 16.3. The first-order valence-electron chi connectivity index (χ1n) is 7.71. The second-order valence-corrected chi connectivity index (χ2v) is 8.80. The number of benzene rings is 2. The second kappa shape index (κ2) is 8.28. The fraction of sp³-hybridized carbons (Fsp3) is 0.294. The Morgan fingerprint density at radius 2 is 1.38 bits per heavy atom. The maximum absolute atomic E-state index is 12.1. The largest absolute Gasteiger partial charge is 0.323 e. The third-order valence-corrected chi connectivity index (χ3v) is 6.05. The van der Waals surface area contributed by atoms with Crippen molar-refractivity contribution in [1.29, 1.82) is 0 Å². The molecular weight excluding hydrogens is 380 g/mol. The van der Waals surface area contributed by atoms with Crippen LogP contribution in [-0.4, -0.2) is 30.0 Å². The predicted molar refractivity (Wildman–Crippen MR) is 94.5 cm³/mol. The molecule has 0 unspecified atom stereocenters. The van der Waals surface area contributed by atoms with E-state index in [-0.39, 0.29) is 16.4 Å². The lowest BCUT2D eigenvalue weighted by molar-refractivity contribution is -0.205. The fourth-order valence-corrected chi connectivity index (χ4v) is 4.01.